The fourth-order valence-corrected chi connectivity index (χ4v) is 2.90. The minimum Gasteiger partial charge on any atom is -0.493 e. The third-order valence-electron chi connectivity index (χ3n) is 3.94. The number of nitrogens with zero attached hydrogens (tertiary/aromatic N) is 1. The number of piperazine rings is 1. The van der Waals surface area contributed by atoms with Gasteiger partial charge >= 0.3 is 0 Å². The van der Waals surface area contributed by atoms with Gasteiger partial charge in [0.15, 0.2) is 11.5 Å². The molecule has 2 rings (SSSR count). The van der Waals surface area contributed by atoms with Gasteiger partial charge < -0.3 is 19.7 Å². The van der Waals surface area contributed by atoms with Crippen LogP contribution in [0.1, 0.15) is 32.8 Å². The molecule has 0 saturated carbocycles. The molecule has 1 aromatic carbocycles. The number of amides is 1. The van der Waals surface area contributed by atoms with E-state index in [0.29, 0.717) is 24.4 Å². The number of carbonyl (C=O) groups excluding carboxylic acids is 1. The Balaban J connectivity index is 2.04. The van der Waals surface area contributed by atoms with Crippen molar-refractivity contribution < 1.29 is 14.3 Å². The molecule has 24 heavy (non-hydrogen) atoms. The van der Waals surface area contributed by atoms with Crippen molar-refractivity contribution >= 4 is 12.0 Å². The highest BCUT2D eigenvalue weighted by atomic mass is 16.5. The molecule has 0 aromatic heterocycles. The van der Waals surface area contributed by atoms with Gasteiger partial charge in [-0.1, -0.05) is 13.0 Å². The van der Waals surface area contributed by atoms with Crippen LogP contribution < -0.4 is 14.8 Å². The van der Waals surface area contributed by atoms with E-state index < -0.39 is 0 Å². The van der Waals surface area contributed by atoms with Crippen molar-refractivity contribution in [2.75, 3.05) is 26.8 Å². The van der Waals surface area contributed by atoms with Gasteiger partial charge in [0.25, 0.3) is 0 Å². The van der Waals surface area contributed by atoms with Crippen LogP contribution in [0.3, 0.4) is 0 Å². The highest BCUT2D eigenvalue weighted by molar-refractivity contribution is 5.92. The van der Waals surface area contributed by atoms with Gasteiger partial charge in [-0.05, 0) is 44.0 Å². The maximum atomic E-state index is 12.4. The molecule has 1 aliphatic heterocycles. The molecule has 1 amide bonds. The number of rotatable bonds is 6. The molecule has 1 N–H and O–H groups in total. The molecule has 1 aliphatic rings. The summed E-state index contributed by atoms with van der Waals surface area (Å²) in [5.74, 6) is 1.45. The van der Waals surface area contributed by atoms with Crippen LogP contribution in [-0.2, 0) is 4.79 Å². The summed E-state index contributed by atoms with van der Waals surface area (Å²) < 4.78 is 11.0. The highest BCUT2D eigenvalue weighted by Crippen LogP contribution is 2.28. The largest absolute Gasteiger partial charge is 0.493 e. The molecule has 1 aromatic rings. The fourth-order valence-electron chi connectivity index (χ4n) is 2.90. The molecular formula is C19H28N2O3. The molecule has 1 fully saturated rings. The number of carbonyl (C=O) groups is 1. The zero-order valence-electron chi connectivity index (χ0n) is 15.0. The SMILES string of the molecule is CCCOc1ccc(/C=C/C(=O)N2CC(C)NC(C)C2)cc1OC. The molecule has 2 atom stereocenters. The van der Waals surface area contributed by atoms with Gasteiger partial charge in [-0.3, -0.25) is 4.79 Å². The summed E-state index contributed by atoms with van der Waals surface area (Å²) in [4.78, 5) is 14.3. The Hall–Kier alpha value is -2.01. The molecule has 0 radical (unpaired) electrons. The second-order valence-corrected chi connectivity index (χ2v) is 6.30. The minimum absolute atomic E-state index is 0.0421. The average Bonchev–Trinajstić information content (AvgIpc) is 2.57. The van der Waals surface area contributed by atoms with Crippen molar-refractivity contribution in [1.29, 1.82) is 0 Å². The number of hydrogen-bond acceptors (Lipinski definition) is 4. The lowest BCUT2D eigenvalue weighted by atomic mass is 10.1. The number of hydrogen-bond donors (Lipinski definition) is 1. The van der Waals surface area contributed by atoms with Crippen LogP contribution in [0.25, 0.3) is 6.08 Å². The maximum Gasteiger partial charge on any atom is 0.246 e. The summed E-state index contributed by atoms with van der Waals surface area (Å²) in [6, 6.07) is 6.34. The first-order chi connectivity index (χ1) is 11.5. The summed E-state index contributed by atoms with van der Waals surface area (Å²) in [5, 5.41) is 3.43. The van der Waals surface area contributed by atoms with Crippen LogP contribution in [0.15, 0.2) is 24.3 Å². The summed E-state index contributed by atoms with van der Waals surface area (Å²) >= 11 is 0. The normalized spacial score (nSPS) is 21.1. The Kier molecular flexibility index (Phi) is 6.67. The lowest BCUT2D eigenvalue weighted by Crippen LogP contribution is -2.55. The van der Waals surface area contributed by atoms with E-state index in [4.69, 9.17) is 9.47 Å². The second kappa shape index (κ2) is 8.73. The lowest BCUT2D eigenvalue weighted by Gasteiger charge is -2.35. The van der Waals surface area contributed by atoms with E-state index in [1.54, 1.807) is 13.2 Å². The third kappa shape index (κ3) is 4.99. The second-order valence-electron chi connectivity index (χ2n) is 6.30. The van der Waals surface area contributed by atoms with Crippen molar-refractivity contribution in [3.63, 3.8) is 0 Å². The summed E-state index contributed by atoms with van der Waals surface area (Å²) in [6.45, 7) is 8.39. The number of nitrogens with one attached hydrogen (secondary N) is 1. The zero-order valence-corrected chi connectivity index (χ0v) is 15.0. The Morgan fingerprint density at radius 2 is 2.00 bits per heavy atom. The third-order valence-corrected chi connectivity index (χ3v) is 3.94. The highest BCUT2D eigenvalue weighted by Gasteiger charge is 2.23. The van der Waals surface area contributed by atoms with Crippen LogP contribution in [-0.4, -0.2) is 49.7 Å². The van der Waals surface area contributed by atoms with Gasteiger partial charge in [-0.15, -0.1) is 0 Å². The Morgan fingerprint density at radius 1 is 1.29 bits per heavy atom. The summed E-state index contributed by atoms with van der Waals surface area (Å²) in [7, 11) is 1.62. The smallest absolute Gasteiger partial charge is 0.246 e. The van der Waals surface area contributed by atoms with E-state index in [1.165, 1.54) is 0 Å². The molecule has 1 saturated heterocycles. The van der Waals surface area contributed by atoms with Gasteiger partial charge in [0, 0.05) is 31.2 Å². The van der Waals surface area contributed by atoms with E-state index in [9.17, 15) is 4.79 Å². The first-order valence-corrected chi connectivity index (χ1v) is 8.57. The van der Waals surface area contributed by atoms with Gasteiger partial charge in [0.2, 0.25) is 5.91 Å². The van der Waals surface area contributed by atoms with Crippen LogP contribution in [0.5, 0.6) is 11.5 Å². The molecule has 0 spiro atoms. The molecule has 1 heterocycles. The first-order valence-electron chi connectivity index (χ1n) is 8.57. The maximum absolute atomic E-state index is 12.4. The van der Waals surface area contributed by atoms with E-state index >= 15 is 0 Å². The zero-order chi connectivity index (χ0) is 17.5. The van der Waals surface area contributed by atoms with Crippen molar-refractivity contribution in [2.45, 2.75) is 39.3 Å². The van der Waals surface area contributed by atoms with Crippen LogP contribution >= 0.6 is 0 Å². The van der Waals surface area contributed by atoms with E-state index in [2.05, 4.69) is 26.1 Å². The van der Waals surface area contributed by atoms with Gasteiger partial charge in [0.1, 0.15) is 0 Å². The quantitative estimate of drug-likeness (QED) is 0.814. The van der Waals surface area contributed by atoms with Gasteiger partial charge in [-0.2, -0.15) is 0 Å². The minimum atomic E-state index is 0.0421. The summed E-state index contributed by atoms with van der Waals surface area (Å²) in [6.07, 6.45) is 4.40. The van der Waals surface area contributed by atoms with E-state index in [-0.39, 0.29) is 5.91 Å². The topological polar surface area (TPSA) is 50.8 Å². The molecule has 0 bridgehead atoms. The predicted octanol–water partition coefficient (Wildman–Crippen LogP) is 2.71. The first kappa shape index (κ1) is 18.3. The summed E-state index contributed by atoms with van der Waals surface area (Å²) in [5.41, 5.74) is 0.917. The molecule has 132 valence electrons. The van der Waals surface area contributed by atoms with Gasteiger partial charge in [-0.25, -0.2) is 0 Å². The van der Waals surface area contributed by atoms with Crippen LogP contribution in [0.4, 0.5) is 0 Å². The van der Waals surface area contributed by atoms with Crippen molar-refractivity contribution in [1.82, 2.24) is 10.2 Å². The molecule has 2 unspecified atom stereocenters. The van der Waals surface area contributed by atoms with Crippen molar-refractivity contribution in [3.05, 3.63) is 29.8 Å². The Bertz CT molecular complexity index is 576. The van der Waals surface area contributed by atoms with Crippen molar-refractivity contribution in [2.24, 2.45) is 0 Å². The molecular weight excluding hydrogens is 304 g/mol. The Morgan fingerprint density at radius 3 is 2.62 bits per heavy atom. The monoisotopic (exact) mass is 332 g/mol. The number of benzene rings is 1. The predicted molar refractivity (Wildman–Crippen MR) is 96.5 cm³/mol. The number of methoxy groups -OCH3 is 1. The van der Waals surface area contributed by atoms with E-state index in [1.807, 2.05) is 29.2 Å². The van der Waals surface area contributed by atoms with Crippen LogP contribution in [0.2, 0.25) is 0 Å². The average molecular weight is 332 g/mol. The number of ether oxygens (including phenoxy) is 2. The fraction of sp³-hybridized carbons (Fsp3) is 0.526. The molecule has 0 aliphatic carbocycles. The van der Waals surface area contributed by atoms with Gasteiger partial charge in [0.05, 0.1) is 13.7 Å². The molecule has 5 nitrogen and oxygen atoms in total. The Labute approximate surface area is 144 Å². The van der Waals surface area contributed by atoms with E-state index in [0.717, 1.165) is 30.8 Å². The molecule has 5 heteroatoms. The standard InChI is InChI=1S/C19H28N2O3/c1-5-10-24-17-8-6-16(11-18(17)23-4)7-9-19(22)21-12-14(2)20-15(3)13-21/h6-9,11,14-15,20H,5,10,12-13H2,1-4H3/b9-7+. The van der Waals surface area contributed by atoms with Crippen molar-refractivity contribution in [3.8, 4) is 11.5 Å². The lowest BCUT2D eigenvalue weighted by molar-refractivity contribution is -0.127. The van der Waals surface area contributed by atoms with Crippen LogP contribution in [0, 0.1) is 0 Å².